The molecule has 0 aliphatic rings. The van der Waals surface area contributed by atoms with Gasteiger partial charge in [-0.15, -0.1) is 108 Å². The predicted octanol–water partition coefficient (Wildman–Crippen LogP) is 16.5. The summed E-state index contributed by atoms with van der Waals surface area (Å²) in [7, 11) is -3.84. The van der Waals surface area contributed by atoms with Crippen LogP contribution in [0.15, 0.2) is 237 Å². The third kappa shape index (κ3) is 26.6. The average Bonchev–Trinajstić information content (AvgIpc) is 1.67. The maximum absolute atomic E-state index is 10.7. The molecule has 3 N–H and O–H groups in total. The number of rotatable bonds is 8. The Morgan fingerprint density at radius 1 is 0.405 bits per heavy atom. The van der Waals surface area contributed by atoms with Gasteiger partial charge in [-0.2, -0.15) is 21.6 Å². The van der Waals surface area contributed by atoms with Crippen LogP contribution in [-0.4, -0.2) is 62.8 Å². The number of hydrogen-bond donors (Lipinski definition) is 3. The van der Waals surface area contributed by atoms with Gasteiger partial charge in [-0.05, 0) is 104 Å². The molecule has 10 rings (SSSR count). The second-order valence-corrected chi connectivity index (χ2v) is 20.7. The number of nitrogens with zero attached hydrogens (tertiary/aromatic N) is 4. The van der Waals surface area contributed by atoms with Crippen LogP contribution in [0.4, 0.5) is 13.2 Å². The second-order valence-electron chi connectivity index (χ2n) is 19.3. The van der Waals surface area contributed by atoms with Gasteiger partial charge in [0.05, 0.1) is 5.69 Å². The van der Waals surface area contributed by atoms with Crippen molar-refractivity contribution in [2.45, 2.75) is 59.8 Å². The molecule has 0 aliphatic heterocycles. The minimum Gasteiger partial charge on any atom is -0.400 e. The fraction of sp³-hybridized carbons (Fsp3) is 0.188. The van der Waals surface area contributed by atoms with Crippen molar-refractivity contribution in [1.29, 1.82) is 0 Å². The van der Waals surface area contributed by atoms with E-state index in [-0.39, 0.29) is 40.2 Å². The van der Waals surface area contributed by atoms with Gasteiger partial charge in [-0.3, -0.25) is 9.54 Å². The number of pyridine rings is 4. The molecule has 0 bridgehead atoms. The zero-order chi connectivity index (χ0) is 63.6. The number of halogens is 3. The average molecular weight is 1510 g/mol. The number of aliphatic hydroxyl groups is 2. The molecular weight excluding hydrogens is 1440 g/mol. The van der Waals surface area contributed by atoms with Crippen LogP contribution in [0.25, 0.3) is 67.3 Å². The standard InChI is InChI=1S/C22H23N.C22H22N.2C11H8N.CHF3O3S.2CH4O.2Ir/c2*1-22(2,3)16-17-9-11-18(12-10-17)20-13-14-23-21(15-20)19-7-5-4-6-8-19;2*1-2-6-10(7-3-1)11-8-4-5-9-12-11;2-1(3,4)8(5,6)7;2*1-2;;/h4-15H,16H2,1-3H3;4-7,9-15H,16H2,1-3H3;2*1-6,8-9H;(H,5,6,7);2*2H,1H3;;/q;3*-1;;;;;/i2*16D2;;;;;;;. The van der Waals surface area contributed by atoms with E-state index in [1.165, 1.54) is 0 Å². The molecular formula is C69H70F3Ir2N4O5S-3. The molecule has 0 spiro atoms. The normalized spacial score (nSPS) is 11.5. The molecule has 0 saturated carbocycles. The van der Waals surface area contributed by atoms with Crippen molar-refractivity contribution in [1.82, 2.24) is 19.9 Å². The summed E-state index contributed by atoms with van der Waals surface area (Å²) >= 11 is 0. The molecule has 0 atom stereocenters. The molecule has 4 aromatic heterocycles. The molecule has 0 saturated heterocycles. The van der Waals surface area contributed by atoms with Crippen LogP contribution in [0.2, 0.25) is 0 Å². The SMILES string of the molecule is CO.CO.O=S(=O)(O)C(F)(F)F.[2H]C([2H])(c1ccc(-c2ccnc(-c3[c-]cccc3)c2)cc1)C(C)(C)C.[2H]C([2H])(c1ccc(-c2ccnc(-c3ccccc3)c2)cc1)C(C)(C)C.[Ir].[Ir].[c-]1ccccc1-c1ccccn1.[c-]1ccccc1-c1ccccn1. The monoisotopic (exact) mass is 1510 g/mol. The van der Waals surface area contributed by atoms with Gasteiger partial charge in [-0.25, -0.2) is 0 Å². The molecule has 444 valence electrons. The number of aliphatic hydroxyl groups excluding tert-OH is 2. The molecule has 0 amide bonds. The van der Waals surface area contributed by atoms with E-state index < -0.39 is 39.2 Å². The minimum absolute atomic E-state index is 0. The van der Waals surface area contributed by atoms with Gasteiger partial charge in [-0.1, -0.05) is 151 Å². The molecule has 15 heteroatoms. The van der Waals surface area contributed by atoms with Gasteiger partial charge in [0.25, 0.3) is 0 Å². The van der Waals surface area contributed by atoms with Crippen LogP contribution in [0.3, 0.4) is 0 Å². The summed E-state index contributed by atoms with van der Waals surface area (Å²) in [6, 6.07) is 78.3. The Kier molecular flexibility index (Phi) is 29.2. The summed E-state index contributed by atoms with van der Waals surface area (Å²) in [5.41, 5.74) is 7.11. The summed E-state index contributed by atoms with van der Waals surface area (Å²) in [6.07, 6.45) is 4.44. The van der Waals surface area contributed by atoms with Gasteiger partial charge >= 0.3 is 15.6 Å². The Hall–Kier alpha value is -7.16. The van der Waals surface area contributed by atoms with Crippen molar-refractivity contribution < 1.29 is 82.0 Å². The summed E-state index contributed by atoms with van der Waals surface area (Å²) in [6.45, 7) is 11.5. The van der Waals surface area contributed by atoms with E-state index in [4.69, 9.17) is 28.7 Å². The Labute approximate surface area is 527 Å². The first-order valence-electron chi connectivity index (χ1n) is 27.6. The largest absolute Gasteiger partial charge is 0.522 e. The van der Waals surface area contributed by atoms with Crippen LogP contribution >= 0.6 is 0 Å². The first kappa shape index (κ1) is 66.0. The Balaban J connectivity index is 0.000000389. The van der Waals surface area contributed by atoms with Gasteiger partial charge < -0.3 is 25.2 Å². The zero-order valence-corrected chi connectivity index (χ0v) is 53.3. The first-order chi connectivity index (χ1) is 40.8. The van der Waals surface area contributed by atoms with E-state index in [1.54, 1.807) is 18.6 Å². The smallest absolute Gasteiger partial charge is 0.400 e. The van der Waals surface area contributed by atoms with Crippen LogP contribution in [-0.2, 0) is 63.1 Å². The molecule has 0 aliphatic carbocycles. The summed E-state index contributed by atoms with van der Waals surface area (Å²) < 4.78 is 91.1. The van der Waals surface area contributed by atoms with E-state index >= 15 is 0 Å². The Morgan fingerprint density at radius 3 is 1.05 bits per heavy atom. The van der Waals surface area contributed by atoms with E-state index in [9.17, 15) is 13.2 Å². The minimum atomic E-state index is -5.84. The molecule has 84 heavy (non-hydrogen) atoms. The fourth-order valence-electron chi connectivity index (χ4n) is 7.19. The van der Waals surface area contributed by atoms with Crippen molar-refractivity contribution in [3.63, 3.8) is 0 Å². The van der Waals surface area contributed by atoms with Crippen molar-refractivity contribution in [3.05, 3.63) is 266 Å². The fourth-order valence-corrected chi connectivity index (χ4v) is 7.19. The van der Waals surface area contributed by atoms with Crippen molar-refractivity contribution in [2.24, 2.45) is 10.8 Å². The van der Waals surface area contributed by atoms with Crippen molar-refractivity contribution in [2.75, 3.05) is 14.2 Å². The van der Waals surface area contributed by atoms with E-state index in [2.05, 4.69) is 44.2 Å². The molecule has 2 radical (unpaired) electrons. The molecule has 6 aromatic carbocycles. The number of aromatic nitrogens is 4. The van der Waals surface area contributed by atoms with Crippen LogP contribution in [0, 0.1) is 29.0 Å². The topological polar surface area (TPSA) is 146 Å². The van der Waals surface area contributed by atoms with Crippen molar-refractivity contribution >= 4 is 10.1 Å². The molecule has 0 unspecified atom stereocenters. The van der Waals surface area contributed by atoms with Gasteiger partial charge in [0.1, 0.15) is 0 Å². The number of hydrogen-bond acceptors (Lipinski definition) is 8. The van der Waals surface area contributed by atoms with E-state index in [0.29, 0.717) is 11.1 Å². The van der Waals surface area contributed by atoms with Crippen LogP contribution < -0.4 is 0 Å². The second kappa shape index (κ2) is 37.2. The summed E-state index contributed by atoms with van der Waals surface area (Å²) in [4.78, 5) is 17.3. The quantitative estimate of drug-likeness (QED) is 0.0769. The third-order valence-electron chi connectivity index (χ3n) is 10.6. The summed E-state index contributed by atoms with van der Waals surface area (Å²) in [5, 5.41) is 14.0. The maximum atomic E-state index is 10.7. The van der Waals surface area contributed by atoms with Crippen LogP contribution in [0.5, 0.6) is 0 Å². The maximum Gasteiger partial charge on any atom is 0.522 e. The van der Waals surface area contributed by atoms with E-state index in [1.807, 2.05) is 254 Å². The first-order valence-corrected chi connectivity index (χ1v) is 27.1. The molecule has 0 fully saturated rings. The van der Waals surface area contributed by atoms with Gasteiger partial charge in [0, 0.05) is 90.3 Å². The summed E-state index contributed by atoms with van der Waals surface area (Å²) in [5.74, 6) is 0. The van der Waals surface area contributed by atoms with Gasteiger partial charge in [0.15, 0.2) is 0 Å². The van der Waals surface area contributed by atoms with Crippen molar-refractivity contribution in [3.8, 4) is 67.3 Å². The predicted molar refractivity (Wildman–Crippen MR) is 326 cm³/mol. The molecule has 4 heterocycles. The number of alkyl halides is 3. The molecule has 9 nitrogen and oxygen atoms in total. The van der Waals surface area contributed by atoms with Gasteiger partial charge in [0.2, 0.25) is 0 Å². The zero-order valence-electron chi connectivity index (χ0n) is 51.7. The van der Waals surface area contributed by atoms with Crippen LogP contribution in [0.1, 0.15) is 58.2 Å². The Bertz CT molecular complexity index is 3360. The number of benzene rings is 6. The van der Waals surface area contributed by atoms with E-state index in [0.717, 1.165) is 81.5 Å². The molecule has 10 aromatic rings. The third-order valence-corrected chi connectivity index (χ3v) is 11.2. The Morgan fingerprint density at radius 2 is 0.726 bits per heavy atom.